The Morgan fingerprint density at radius 3 is 2.64 bits per heavy atom. The maximum absolute atomic E-state index is 10.1. The van der Waals surface area contributed by atoms with Crippen molar-refractivity contribution in [2.45, 2.75) is 39.0 Å². The van der Waals surface area contributed by atoms with Crippen LogP contribution in [0.15, 0.2) is 0 Å². The first-order chi connectivity index (χ1) is 5.16. The van der Waals surface area contributed by atoms with Crippen LogP contribution >= 0.6 is 0 Å². The molecule has 0 aromatic carbocycles. The van der Waals surface area contributed by atoms with Crippen LogP contribution in [0.5, 0.6) is 0 Å². The van der Waals surface area contributed by atoms with Gasteiger partial charge in [0.25, 0.3) is 0 Å². The van der Waals surface area contributed by atoms with Gasteiger partial charge in [0.15, 0.2) is 0 Å². The van der Waals surface area contributed by atoms with Crippen LogP contribution in [0.3, 0.4) is 0 Å². The fourth-order valence-corrected chi connectivity index (χ4v) is 0.913. The van der Waals surface area contributed by atoms with E-state index >= 15 is 0 Å². The highest BCUT2D eigenvalue weighted by molar-refractivity contribution is 5.66. The SMILES string of the molecule is [CH2]C(CC)CCCCC(=O)O. The van der Waals surface area contributed by atoms with Gasteiger partial charge in [-0.2, -0.15) is 0 Å². The van der Waals surface area contributed by atoms with Crippen LogP contribution in [0.2, 0.25) is 0 Å². The molecule has 0 bridgehead atoms. The van der Waals surface area contributed by atoms with E-state index in [0.29, 0.717) is 12.3 Å². The predicted molar refractivity (Wildman–Crippen MR) is 45.2 cm³/mol. The van der Waals surface area contributed by atoms with Crippen LogP contribution in [-0.4, -0.2) is 11.1 Å². The molecule has 1 atom stereocenters. The second-order valence-electron chi connectivity index (χ2n) is 2.91. The molecule has 1 N–H and O–H groups in total. The molecule has 65 valence electrons. The van der Waals surface area contributed by atoms with Gasteiger partial charge in [-0.3, -0.25) is 4.79 Å². The van der Waals surface area contributed by atoms with E-state index in [1.807, 2.05) is 0 Å². The summed E-state index contributed by atoms with van der Waals surface area (Å²) in [6, 6.07) is 0. The lowest BCUT2D eigenvalue weighted by Crippen LogP contribution is -1.96. The largest absolute Gasteiger partial charge is 0.481 e. The normalized spacial score (nSPS) is 12.9. The van der Waals surface area contributed by atoms with E-state index in [0.717, 1.165) is 25.7 Å². The van der Waals surface area contributed by atoms with Crippen molar-refractivity contribution in [1.82, 2.24) is 0 Å². The van der Waals surface area contributed by atoms with E-state index in [9.17, 15) is 4.79 Å². The van der Waals surface area contributed by atoms with Crippen molar-refractivity contribution in [2.75, 3.05) is 0 Å². The number of hydrogen-bond acceptors (Lipinski definition) is 1. The molecule has 0 heterocycles. The highest BCUT2D eigenvalue weighted by Crippen LogP contribution is 2.11. The van der Waals surface area contributed by atoms with E-state index in [4.69, 9.17) is 5.11 Å². The standard InChI is InChI=1S/C9H17O2/c1-3-8(2)6-4-5-7-9(10)11/h8H,2-7H2,1H3,(H,10,11). The molecule has 0 rings (SSSR count). The van der Waals surface area contributed by atoms with Crippen LogP contribution in [0.1, 0.15) is 39.0 Å². The molecule has 0 aliphatic rings. The van der Waals surface area contributed by atoms with Crippen LogP contribution in [0.25, 0.3) is 0 Å². The highest BCUT2D eigenvalue weighted by atomic mass is 16.4. The minimum Gasteiger partial charge on any atom is -0.481 e. The summed E-state index contributed by atoms with van der Waals surface area (Å²) in [5.74, 6) is -0.189. The Bertz CT molecular complexity index is 110. The summed E-state index contributed by atoms with van der Waals surface area (Å²) < 4.78 is 0. The maximum atomic E-state index is 10.1. The smallest absolute Gasteiger partial charge is 0.303 e. The van der Waals surface area contributed by atoms with E-state index < -0.39 is 5.97 Å². The summed E-state index contributed by atoms with van der Waals surface area (Å²) in [5.41, 5.74) is 0. The first-order valence-corrected chi connectivity index (χ1v) is 4.21. The van der Waals surface area contributed by atoms with Gasteiger partial charge >= 0.3 is 5.97 Å². The van der Waals surface area contributed by atoms with Gasteiger partial charge in [-0.05, 0) is 12.3 Å². The Morgan fingerprint density at radius 1 is 1.55 bits per heavy atom. The highest BCUT2D eigenvalue weighted by Gasteiger charge is 2.00. The van der Waals surface area contributed by atoms with E-state index in [-0.39, 0.29) is 0 Å². The number of unbranched alkanes of at least 4 members (excludes halogenated alkanes) is 1. The third kappa shape index (κ3) is 7.37. The molecule has 0 aliphatic carbocycles. The van der Waals surface area contributed by atoms with Crippen molar-refractivity contribution < 1.29 is 9.90 Å². The van der Waals surface area contributed by atoms with Crippen LogP contribution < -0.4 is 0 Å². The van der Waals surface area contributed by atoms with E-state index in [2.05, 4.69) is 13.8 Å². The zero-order chi connectivity index (χ0) is 8.69. The van der Waals surface area contributed by atoms with Gasteiger partial charge < -0.3 is 5.11 Å². The predicted octanol–water partition coefficient (Wildman–Crippen LogP) is 2.49. The van der Waals surface area contributed by atoms with E-state index in [1.54, 1.807) is 0 Å². The molecule has 0 aromatic heterocycles. The number of carboxylic acids is 1. The van der Waals surface area contributed by atoms with Crippen LogP contribution in [0.4, 0.5) is 0 Å². The average Bonchev–Trinajstić information content (AvgIpc) is 1.97. The van der Waals surface area contributed by atoms with Gasteiger partial charge in [-0.15, -0.1) is 0 Å². The molecular formula is C9H17O2. The first-order valence-electron chi connectivity index (χ1n) is 4.21. The van der Waals surface area contributed by atoms with Crippen molar-refractivity contribution in [1.29, 1.82) is 0 Å². The van der Waals surface area contributed by atoms with Gasteiger partial charge in [-0.1, -0.05) is 33.1 Å². The van der Waals surface area contributed by atoms with E-state index in [1.165, 1.54) is 0 Å². The lowest BCUT2D eigenvalue weighted by Gasteiger charge is -2.05. The molecule has 2 heteroatoms. The van der Waals surface area contributed by atoms with Gasteiger partial charge in [0.2, 0.25) is 0 Å². The van der Waals surface area contributed by atoms with Gasteiger partial charge in [0.05, 0.1) is 0 Å². The molecule has 0 fully saturated rings. The van der Waals surface area contributed by atoms with Gasteiger partial charge in [-0.25, -0.2) is 0 Å². The third-order valence-corrected chi connectivity index (χ3v) is 1.83. The lowest BCUT2D eigenvalue weighted by molar-refractivity contribution is -0.137. The quantitative estimate of drug-likeness (QED) is 0.601. The van der Waals surface area contributed by atoms with Crippen molar-refractivity contribution in [3.8, 4) is 0 Å². The Hall–Kier alpha value is -0.530. The van der Waals surface area contributed by atoms with Crippen molar-refractivity contribution >= 4 is 5.97 Å². The maximum Gasteiger partial charge on any atom is 0.303 e. The topological polar surface area (TPSA) is 37.3 Å². The molecule has 1 unspecified atom stereocenters. The second kappa shape index (κ2) is 6.20. The Balaban J connectivity index is 3.08. The number of hydrogen-bond donors (Lipinski definition) is 1. The monoisotopic (exact) mass is 157 g/mol. The zero-order valence-electron chi connectivity index (χ0n) is 7.18. The summed E-state index contributed by atoms with van der Waals surface area (Å²) in [6.45, 7) is 6.03. The Labute approximate surface area is 68.6 Å². The van der Waals surface area contributed by atoms with Crippen molar-refractivity contribution in [3.05, 3.63) is 6.92 Å². The molecule has 11 heavy (non-hydrogen) atoms. The summed E-state index contributed by atoms with van der Waals surface area (Å²) >= 11 is 0. The average molecular weight is 157 g/mol. The number of carboxylic acid groups (broad SMARTS) is 1. The molecule has 0 aromatic rings. The molecule has 0 saturated heterocycles. The summed E-state index contributed by atoms with van der Waals surface area (Å²) in [5, 5.41) is 8.32. The van der Waals surface area contributed by atoms with Crippen molar-refractivity contribution in [3.63, 3.8) is 0 Å². The Kier molecular flexibility index (Phi) is 5.90. The number of rotatable bonds is 6. The molecule has 0 amide bonds. The first kappa shape index (κ1) is 10.5. The van der Waals surface area contributed by atoms with Crippen LogP contribution in [0, 0.1) is 12.8 Å². The minimum absolute atomic E-state index is 0.302. The third-order valence-electron chi connectivity index (χ3n) is 1.83. The molecular weight excluding hydrogens is 140 g/mol. The summed E-state index contributed by atoms with van der Waals surface area (Å²) in [4.78, 5) is 10.1. The molecule has 0 spiro atoms. The lowest BCUT2D eigenvalue weighted by atomic mass is 10.0. The van der Waals surface area contributed by atoms with Gasteiger partial charge in [0.1, 0.15) is 0 Å². The number of carbonyl (C=O) groups is 1. The summed E-state index contributed by atoms with van der Waals surface area (Å²) in [7, 11) is 0. The fraction of sp³-hybridized carbons (Fsp3) is 0.778. The molecule has 2 nitrogen and oxygen atoms in total. The number of aliphatic carboxylic acids is 1. The van der Waals surface area contributed by atoms with Gasteiger partial charge in [0, 0.05) is 6.42 Å². The Morgan fingerprint density at radius 2 is 2.18 bits per heavy atom. The minimum atomic E-state index is -0.692. The fourth-order valence-electron chi connectivity index (χ4n) is 0.913. The molecule has 0 saturated carbocycles. The zero-order valence-corrected chi connectivity index (χ0v) is 7.18. The van der Waals surface area contributed by atoms with Crippen molar-refractivity contribution in [2.24, 2.45) is 5.92 Å². The second-order valence-corrected chi connectivity index (χ2v) is 2.91. The molecule has 0 aliphatic heterocycles. The summed E-state index contributed by atoms with van der Waals surface area (Å²) in [6.07, 6.45) is 4.24. The molecule has 1 radical (unpaired) electrons. The van der Waals surface area contributed by atoms with Crippen LogP contribution in [-0.2, 0) is 4.79 Å².